The van der Waals surface area contributed by atoms with Crippen molar-refractivity contribution in [2.75, 3.05) is 5.32 Å². The Bertz CT molecular complexity index is 852. The Morgan fingerprint density at radius 1 is 1.00 bits per heavy atom. The van der Waals surface area contributed by atoms with Gasteiger partial charge in [-0.2, -0.15) is 0 Å². The summed E-state index contributed by atoms with van der Waals surface area (Å²) in [7, 11) is 0. The Kier molecular flexibility index (Phi) is 4.11. The molecule has 0 aliphatic heterocycles. The highest BCUT2D eigenvalue weighted by Gasteiger charge is 2.13. The van der Waals surface area contributed by atoms with Crippen LogP contribution in [0.3, 0.4) is 0 Å². The minimum atomic E-state index is -0.259. The zero-order valence-corrected chi connectivity index (χ0v) is 14.9. The van der Waals surface area contributed by atoms with Gasteiger partial charge in [0.25, 0.3) is 0 Å². The molecule has 0 aliphatic carbocycles. The predicted molar refractivity (Wildman–Crippen MR) is 97.8 cm³/mol. The minimum Gasteiger partial charge on any atom is -0.340 e. The van der Waals surface area contributed by atoms with E-state index in [0.717, 1.165) is 20.9 Å². The lowest BCUT2D eigenvalue weighted by Gasteiger charge is -2.19. The zero-order chi connectivity index (χ0) is 16.6. The van der Waals surface area contributed by atoms with E-state index in [2.05, 4.69) is 59.1 Å². The molecule has 0 fully saturated rings. The smallest absolute Gasteiger partial charge is 0.138 e. The molecule has 0 saturated heterocycles. The lowest BCUT2D eigenvalue weighted by Crippen LogP contribution is -2.10. The van der Waals surface area contributed by atoms with Crippen molar-refractivity contribution in [3.63, 3.8) is 0 Å². The van der Waals surface area contributed by atoms with E-state index in [1.165, 1.54) is 17.7 Å². The van der Waals surface area contributed by atoms with Gasteiger partial charge < -0.3 is 5.32 Å². The summed E-state index contributed by atoms with van der Waals surface area (Å²) in [6, 6.07) is 13.0. The highest BCUT2D eigenvalue weighted by Crippen LogP contribution is 2.31. The molecule has 0 atom stereocenters. The van der Waals surface area contributed by atoms with E-state index in [4.69, 9.17) is 0 Å². The van der Waals surface area contributed by atoms with Gasteiger partial charge >= 0.3 is 0 Å². The first kappa shape index (κ1) is 15.9. The molecule has 3 aromatic rings. The molecule has 0 radical (unpaired) electrons. The third-order valence-electron chi connectivity index (χ3n) is 3.81. The second-order valence-electron chi connectivity index (χ2n) is 6.60. The molecule has 3 rings (SSSR count). The highest BCUT2D eigenvalue weighted by atomic mass is 79.9. The van der Waals surface area contributed by atoms with Crippen LogP contribution in [-0.2, 0) is 5.41 Å². The van der Waals surface area contributed by atoms with Crippen molar-refractivity contribution in [1.82, 2.24) is 4.98 Å². The third-order valence-corrected chi connectivity index (χ3v) is 4.45. The number of hydrogen-bond donors (Lipinski definition) is 1. The van der Waals surface area contributed by atoms with E-state index < -0.39 is 0 Å². The van der Waals surface area contributed by atoms with Crippen molar-refractivity contribution >= 4 is 38.2 Å². The number of aromatic nitrogens is 1. The second kappa shape index (κ2) is 5.93. The van der Waals surface area contributed by atoms with Crippen molar-refractivity contribution < 1.29 is 4.39 Å². The van der Waals surface area contributed by atoms with Gasteiger partial charge in [0.2, 0.25) is 0 Å². The van der Waals surface area contributed by atoms with Crippen LogP contribution in [0.4, 0.5) is 15.9 Å². The first-order valence-electron chi connectivity index (χ1n) is 7.46. The van der Waals surface area contributed by atoms with E-state index in [1.807, 2.05) is 12.1 Å². The van der Waals surface area contributed by atoms with Gasteiger partial charge in [0.1, 0.15) is 11.6 Å². The van der Waals surface area contributed by atoms with Crippen LogP contribution in [-0.4, -0.2) is 4.98 Å². The van der Waals surface area contributed by atoms with Crippen LogP contribution in [0.15, 0.2) is 53.1 Å². The van der Waals surface area contributed by atoms with Crippen LogP contribution >= 0.6 is 15.9 Å². The summed E-state index contributed by atoms with van der Waals surface area (Å²) < 4.78 is 14.2. The molecule has 0 amide bonds. The monoisotopic (exact) mass is 372 g/mol. The number of nitrogens with one attached hydrogen (secondary N) is 1. The zero-order valence-electron chi connectivity index (χ0n) is 13.3. The maximum atomic E-state index is 13.5. The third kappa shape index (κ3) is 3.37. The number of pyridine rings is 1. The van der Waals surface area contributed by atoms with E-state index in [9.17, 15) is 4.39 Å². The first-order valence-corrected chi connectivity index (χ1v) is 8.25. The first-order chi connectivity index (χ1) is 10.8. The van der Waals surface area contributed by atoms with Crippen LogP contribution in [0.2, 0.25) is 0 Å². The van der Waals surface area contributed by atoms with Crippen LogP contribution < -0.4 is 5.32 Å². The minimum absolute atomic E-state index is 0.124. The van der Waals surface area contributed by atoms with Crippen LogP contribution in [0.25, 0.3) is 10.8 Å². The van der Waals surface area contributed by atoms with E-state index in [0.29, 0.717) is 5.82 Å². The summed E-state index contributed by atoms with van der Waals surface area (Å²) in [4.78, 5) is 4.42. The number of rotatable bonds is 2. The molecule has 0 unspecified atom stereocenters. The molecule has 4 heteroatoms. The molecule has 0 aliphatic rings. The Balaban J connectivity index is 1.97. The molecule has 0 spiro atoms. The summed E-state index contributed by atoms with van der Waals surface area (Å²) >= 11 is 3.43. The lowest BCUT2D eigenvalue weighted by atomic mass is 9.87. The molecular weight excluding hydrogens is 355 g/mol. The molecule has 118 valence electrons. The van der Waals surface area contributed by atoms with Gasteiger partial charge in [-0.3, -0.25) is 0 Å². The number of anilines is 2. The summed E-state index contributed by atoms with van der Waals surface area (Å²) in [5.41, 5.74) is 2.36. The Labute approximate surface area is 143 Å². The van der Waals surface area contributed by atoms with Crippen LogP contribution in [0.5, 0.6) is 0 Å². The molecule has 1 N–H and O–H groups in total. The number of fused-ring (bicyclic) bond motifs is 1. The van der Waals surface area contributed by atoms with Gasteiger partial charge in [-0.05, 0) is 57.2 Å². The van der Waals surface area contributed by atoms with Crippen LogP contribution in [0, 0.1) is 5.82 Å². The lowest BCUT2D eigenvalue weighted by molar-refractivity contribution is 0.590. The second-order valence-corrected chi connectivity index (χ2v) is 7.45. The van der Waals surface area contributed by atoms with Gasteiger partial charge in [-0.15, -0.1) is 0 Å². The Morgan fingerprint density at radius 3 is 2.35 bits per heavy atom. The van der Waals surface area contributed by atoms with E-state index >= 15 is 0 Å². The maximum Gasteiger partial charge on any atom is 0.138 e. The van der Waals surface area contributed by atoms with Crippen molar-refractivity contribution in [3.05, 3.63) is 64.5 Å². The average molecular weight is 373 g/mol. The average Bonchev–Trinajstić information content (AvgIpc) is 2.50. The quantitative estimate of drug-likeness (QED) is 0.580. The SMILES string of the molecule is CC(C)(C)c1ccc(Nc2ncc(Br)c3cc(F)ccc23)cc1. The Hall–Kier alpha value is -1.94. The fourth-order valence-electron chi connectivity index (χ4n) is 2.47. The van der Waals surface area contributed by atoms with Crippen molar-refractivity contribution in [2.24, 2.45) is 0 Å². The molecule has 23 heavy (non-hydrogen) atoms. The van der Waals surface area contributed by atoms with Gasteiger partial charge in [-0.25, -0.2) is 9.37 Å². The van der Waals surface area contributed by atoms with Gasteiger partial charge in [0, 0.05) is 27.1 Å². The van der Waals surface area contributed by atoms with Gasteiger partial charge in [0.15, 0.2) is 0 Å². The maximum absolute atomic E-state index is 13.5. The van der Waals surface area contributed by atoms with E-state index in [-0.39, 0.29) is 11.2 Å². The molecule has 2 nitrogen and oxygen atoms in total. The molecule has 2 aromatic carbocycles. The summed E-state index contributed by atoms with van der Waals surface area (Å²) in [5, 5.41) is 4.99. The summed E-state index contributed by atoms with van der Waals surface area (Å²) in [6.45, 7) is 6.56. The van der Waals surface area contributed by atoms with Gasteiger partial charge in [-0.1, -0.05) is 32.9 Å². The molecule has 1 aromatic heterocycles. The Morgan fingerprint density at radius 2 is 1.70 bits per heavy atom. The van der Waals surface area contributed by atoms with Crippen molar-refractivity contribution in [2.45, 2.75) is 26.2 Å². The van der Waals surface area contributed by atoms with E-state index in [1.54, 1.807) is 12.3 Å². The molecule has 0 bridgehead atoms. The fourth-order valence-corrected chi connectivity index (χ4v) is 2.90. The van der Waals surface area contributed by atoms with Gasteiger partial charge in [0.05, 0.1) is 0 Å². The number of nitrogens with zero attached hydrogens (tertiary/aromatic N) is 1. The predicted octanol–water partition coefficient (Wildman–Crippen LogP) is 6.18. The van der Waals surface area contributed by atoms with Crippen LogP contribution in [0.1, 0.15) is 26.3 Å². The number of benzene rings is 2. The van der Waals surface area contributed by atoms with Crippen molar-refractivity contribution in [1.29, 1.82) is 0 Å². The number of hydrogen-bond acceptors (Lipinski definition) is 2. The molecule has 0 saturated carbocycles. The highest BCUT2D eigenvalue weighted by molar-refractivity contribution is 9.10. The fraction of sp³-hybridized carbons (Fsp3) is 0.211. The van der Waals surface area contributed by atoms with Crippen molar-refractivity contribution in [3.8, 4) is 0 Å². The molecular formula is C19H18BrFN2. The number of halogens is 2. The standard InChI is InChI=1S/C19H18BrFN2/c1-19(2,3)12-4-7-14(8-5-12)23-18-15-9-6-13(21)10-16(15)17(20)11-22-18/h4-11H,1-3H3,(H,22,23). The topological polar surface area (TPSA) is 24.9 Å². The summed E-state index contributed by atoms with van der Waals surface area (Å²) in [6.07, 6.45) is 1.69. The molecule has 1 heterocycles. The largest absolute Gasteiger partial charge is 0.340 e. The summed E-state index contributed by atoms with van der Waals surface area (Å²) in [5.74, 6) is 0.455. The normalized spacial score (nSPS) is 11.7.